The van der Waals surface area contributed by atoms with Crippen molar-refractivity contribution in [3.05, 3.63) is 29.8 Å². The predicted octanol–water partition coefficient (Wildman–Crippen LogP) is 0.490. The van der Waals surface area contributed by atoms with Crippen molar-refractivity contribution in [2.24, 2.45) is 0 Å². The summed E-state index contributed by atoms with van der Waals surface area (Å²) >= 11 is 0. The van der Waals surface area contributed by atoms with Gasteiger partial charge in [0, 0.05) is 9.60 Å². The third kappa shape index (κ3) is 2.09. The molecule has 2 N–H and O–H groups in total. The van der Waals surface area contributed by atoms with Crippen LogP contribution < -0.4 is 5.46 Å². The van der Waals surface area contributed by atoms with Crippen molar-refractivity contribution in [2.75, 3.05) is 0 Å². The standard InChI is InChI=1S/C9H13BO2/c1-7(2)8-3-5-9(6-4-8)10(11)12/h3-7,11-12H,1-2H3/i1D3,2D3,7D. The molecular formula is C9H13BO2. The van der Waals surface area contributed by atoms with Gasteiger partial charge in [-0.05, 0) is 16.9 Å². The molecule has 0 aliphatic rings. The van der Waals surface area contributed by atoms with Gasteiger partial charge in [-0.2, -0.15) is 0 Å². The molecule has 0 spiro atoms. The molecule has 0 heterocycles. The van der Waals surface area contributed by atoms with Crippen LogP contribution in [0.3, 0.4) is 0 Å². The van der Waals surface area contributed by atoms with Crippen molar-refractivity contribution >= 4 is 12.6 Å². The van der Waals surface area contributed by atoms with E-state index in [0.29, 0.717) is 0 Å². The molecule has 0 saturated heterocycles. The van der Waals surface area contributed by atoms with E-state index in [-0.39, 0.29) is 11.0 Å². The first kappa shape index (κ1) is 3.52. The van der Waals surface area contributed by atoms with Gasteiger partial charge in [-0.25, -0.2) is 0 Å². The second kappa shape index (κ2) is 3.74. The van der Waals surface area contributed by atoms with Crippen molar-refractivity contribution in [3.8, 4) is 0 Å². The summed E-state index contributed by atoms with van der Waals surface area (Å²) in [6, 6.07) is 4.59. The van der Waals surface area contributed by atoms with Crippen LogP contribution in [0.1, 0.15) is 34.8 Å². The number of hydrogen-bond donors (Lipinski definition) is 2. The van der Waals surface area contributed by atoms with Crippen LogP contribution in [-0.2, 0) is 0 Å². The lowest BCUT2D eigenvalue weighted by molar-refractivity contribution is 0.426. The van der Waals surface area contributed by atoms with E-state index >= 15 is 0 Å². The summed E-state index contributed by atoms with van der Waals surface area (Å²) in [7, 11) is -1.74. The number of benzene rings is 1. The second-order valence-electron chi connectivity index (χ2n) is 2.37. The molecule has 64 valence electrons. The maximum absolute atomic E-state index is 8.92. The second-order valence-corrected chi connectivity index (χ2v) is 2.37. The van der Waals surface area contributed by atoms with Gasteiger partial charge in [0.1, 0.15) is 0 Å². The lowest BCUT2D eigenvalue weighted by Crippen LogP contribution is -2.29. The van der Waals surface area contributed by atoms with Crippen LogP contribution in [0.2, 0.25) is 0 Å². The minimum absolute atomic E-state index is 0.0854. The molecule has 0 saturated carbocycles. The summed E-state index contributed by atoms with van der Waals surface area (Å²) in [5.74, 6) is -2.76. The average Bonchev–Trinajstić information content (AvgIpc) is 2.25. The van der Waals surface area contributed by atoms with Crippen molar-refractivity contribution in [1.29, 1.82) is 0 Å². The van der Waals surface area contributed by atoms with Crippen LogP contribution in [0.15, 0.2) is 24.3 Å². The third-order valence-electron chi connectivity index (χ3n) is 1.50. The van der Waals surface area contributed by atoms with Crippen molar-refractivity contribution in [2.45, 2.75) is 19.6 Å². The minimum atomic E-state index is -3.04. The average molecular weight is 171 g/mol. The Morgan fingerprint density at radius 2 is 1.92 bits per heavy atom. The van der Waals surface area contributed by atoms with Crippen LogP contribution in [0.5, 0.6) is 0 Å². The SMILES string of the molecule is [2H]C([2H])([2H])C([2H])(c1ccc(B(O)O)cc1)C([2H])([2H])[2H]. The highest BCUT2D eigenvalue weighted by atomic mass is 16.4. The molecule has 0 fully saturated rings. The highest BCUT2D eigenvalue weighted by Gasteiger charge is 2.09. The van der Waals surface area contributed by atoms with E-state index in [0.717, 1.165) is 12.1 Å². The topological polar surface area (TPSA) is 40.5 Å². The third-order valence-corrected chi connectivity index (χ3v) is 1.50. The van der Waals surface area contributed by atoms with Crippen molar-refractivity contribution < 1.29 is 19.6 Å². The Kier molecular flexibility index (Phi) is 1.10. The van der Waals surface area contributed by atoms with Crippen LogP contribution in [-0.4, -0.2) is 17.2 Å². The minimum Gasteiger partial charge on any atom is -0.423 e. The fourth-order valence-corrected chi connectivity index (χ4v) is 0.822. The largest absolute Gasteiger partial charge is 0.488 e. The predicted molar refractivity (Wildman–Crippen MR) is 50.4 cm³/mol. The Bertz CT molecular complexity index is 423. The summed E-state index contributed by atoms with van der Waals surface area (Å²) in [6.07, 6.45) is 0. The quantitative estimate of drug-likeness (QED) is 0.635. The molecular weight excluding hydrogens is 151 g/mol. The van der Waals surface area contributed by atoms with Gasteiger partial charge in [0.2, 0.25) is 0 Å². The summed E-state index contributed by atoms with van der Waals surface area (Å²) in [5.41, 5.74) is -0.140. The zero-order chi connectivity index (χ0) is 15.1. The zero-order valence-electron chi connectivity index (χ0n) is 13.3. The fourth-order valence-electron chi connectivity index (χ4n) is 0.822. The summed E-state index contributed by atoms with van der Waals surface area (Å²) in [6.45, 7) is -6.09. The molecule has 0 atom stereocenters. The Morgan fingerprint density at radius 3 is 2.33 bits per heavy atom. The highest BCUT2D eigenvalue weighted by Crippen LogP contribution is 2.11. The van der Waals surface area contributed by atoms with Crippen LogP contribution in [0.25, 0.3) is 0 Å². The highest BCUT2D eigenvalue weighted by molar-refractivity contribution is 6.58. The first-order valence-corrected chi connectivity index (χ1v) is 3.38. The van der Waals surface area contributed by atoms with E-state index in [4.69, 9.17) is 19.6 Å². The van der Waals surface area contributed by atoms with Gasteiger partial charge in [0.25, 0.3) is 0 Å². The molecule has 3 heteroatoms. The van der Waals surface area contributed by atoms with Gasteiger partial charge in [-0.3, -0.25) is 0 Å². The molecule has 1 rings (SSSR count). The molecule has 2 nitrogen and oxygen atoms in total. The molecule has 0 aliphatic heterocycles. The van der Waals surface area contributed by atoms with Gasteiger partial charge in [0.05, 0.1) is 0 Å². The van der Waals surface area contributed by atoms with Crippen LogP contribution in [0, 0.1) is 0 Å². The van der Waals surface area contributed by atoms with E-state index in [1.165, 1.54) is 12.1 Å². The van der Waals surface area contributed by atoms with Gasteiger partial charge >= 0.3 is 7.12 Å². The van der Waals surface area contributed by atoms with Crippen molar-refractivity contribution in [1.82, 2.24) is 0 Å². The first-order chi connectivity index (χ1) is 8.41. The molecule has 0 aromatic heterocycles. The van der Waals surface area contributed by atoms with E-state index in [2.05, 4.69) is 0 Å². The first-order valence-electron chi connectivity index (χ1n) is 6.88. The van der Waals surface area contributed by atoms with Gasteiger partial charge in [-0.1, -0.05) is 38.0 Å². The lowest BCUT2D eigenvalue weighted by atomic mass is 9.79. The molecule has 0 radical (unpaired) electrons. The van der Waals surface area contributed by atoms with Crippen LogP contribution >= 0.6 is 0 Å². The van der Waals surface area contributed by atoms with E-state index < -0.39 is 26.7 Å². The molecule has 0 unspecified atom stereocenters. The summed E-state index contributed by atoms with van der Waals surface area (Å²) in [5, 5.41) is 17.8. The van der Waals surface area contributed by atoms with Gasteiger partial charge in [0.15, 0.2) is 0 Å². The number of hydrogen-bond acceptors (Lipinski definition) is 2. The summed E-state index contributed by atoms with van der Waals surface area (Å²) in [4.78, 5) is 0. The molecule has 0 amide bonds. The molecule has 0 aliphatic carbocycles. The maximum Gasteiger partial charge on any atom is 0.488 e. The maximum atomic E-state index is 8.92. The lowest BCUT2D eigenvalue weighted by Gasteiger charge is -2.05. The van der Waals surface area contributed by atoms with Gasteiger partial charge in [-0.15, -0.1) is 0 Å². The van der Waals surface area contributed by atoms with E-state index in [1.54, 1.807) is 0 Å². The smallest absolute Gasteiger partial charge is 0.423 e. The summed E-state index contributed by atoms with van der Waals surface area (Å²) < 4.78 is 51.7. The van der Waals surface area contributed by atoms with E-state index in [1.807, 2.05) is 0 Å². The molecule has 0 bridgehead atoms. The van der Waals surface area contributed by atoms with Crippen molar-refractivity contribution in [3.63, 3.8) is 0 Å². The fraction of sp³-hybridized carbons (Fsp3) is 0.333. The van der Waals surface area contributed by atoms with Gasteiger partial charge < -0.3 is 10.0 Å². The monoisotopic (exact) mass is 171 g/mol. The zero-order valence-corrected chi connectivity index (χ0v) is 6.28. The van der Waals surface area contributed by atoms with Crippen LogP contribution in [0.4, 0.5) is 0 Å². The Balaban J connectivity index is 3.36. The molecule has 12 heavy (non-hydrogen) atoms. The molecule has 1 aromatic rings. The van der Waals surface area contributed by atoms with E-state index in [9.17, 15) is 0 Å². The Hall–Kier alpha value is -0.795. The number of rotatable bonds is 2. The molecule has 1 aromatic carbocycles. The Labute approximate surface area is 82.8 Å². The Morgan fingerprint density at radius 1 is 1.33 bits per heavy atom. The normalized spacial score (nSPS) is 22.0.